The van der Waals surface area contributed by atoms with Crippen molar-refractivity contribution in [3.05, 3.63) is 64.2 Å². The number of aryl methyl sites for hydroxylation is 3. The van der Waals surface area contributed by atoms with Crippen LogP contribution in [-0.4, -0.2) is 32.8 Å². The summed E-state index contributed by atoms with van der Waals surface area (Å²) in [5.74, 6) is 1.29. The van der Waals surface area contributed by atoms with Crippen molar-refractivity contribution in [1.82, 2.24) is 25.1 Å². The van der Waals surface area contributed by atoms with Gasteiger partial charge in [0, 0.05) is 22.6 Å². The van der Waals surface area contributed by atoms with E-state index in [1.165, 1.54) is 0 Å². The second-order valence-electron chi connectivity index (χ2n) is 7.49. The van der Waals surface area contributed by atoms with Crippen molar-refractivity contribution >= 4 is 5.91 Å². The molecule has 1 aromatic carbocycles. The molecule has 0 aliphatic rings. The van der Waals surface area contributed by atoms with Crippen LogP contribution in [0.4, 0.5) is 0 Å². The van der Waals surface area contributed by atoms with E-state index in [1.807, 2.05) is 58.0 Å². The number of ether oxygens (including phenoxy) is 1. The number of nitrogens with one attached hydrogen (secondary N) is 1. The number of hydrogen-bond donors (Lipinski definition) is 1. The molecule has 0 aliphatic carbocycles. The lowest BCUT2D eigenvalue weighted by Gasteiger charge is -2.18. The summed E-state index contributed by atoms with van der Waals surface area (Å²) in [5, 5.41) is 7.73. The van der Waals surface area contributed by atoms with E-state index in [0.717, 1.165) is 46.1 Å². The summed E-state index contributed by atoms with van der Waals surface area (Å²) in [5.41, 5.74) is 5.41. The number of carbonyl (C=O) groups excluding carboxylic acids is 1. The Morgan fingerprint density at radius 2 is 1.73 bits per heavy atom. The fourth-order valence-electron chi connectivity index (χ4n) is 3.59. The number of aromatic nitrogens is 4. The predicted molar refractivity (Wildman–Crippen MR) is 116 cm³/mol. The number of amides is 1. The van der Waals surface area contributed by atoms with Gasteiger partial charge in [0.15, 0.2) is 0 Å². The van der Waals surface area contributed by atoms with Gasteiger partial charge in [-0.3, -0.25) is 4.79 Å². The largest absolute Gasteiger partial charge is 0.497 e. The highest BCUT2D eigenvalue weighted by Gasteiger charge is 2.19. The van der Waals surface area contributed by atoms with E-state index in [1.54, 1.807) is 11.8 Å². The van der Waals surface area contributed by atoms with Crippen LogP contribution in [0.25, 0.3) is 5.95 Å². The van der Waals surface area contributed by atoms with Crippen LogP contribution >= 0.6 is 0 Å². The average molecular weight is 408 g/mol. The third-order valence-electron chi connectivity index (χ3n) is 5.20. The number of carbonyl (C=O) groups is 1. The minimum Gasteiger partial charge on any atom is -0.497 e. The van der Waals surface area contributed by atoms with E-state index < -0.39 is 0 Å². The third-order valence-corrected chi connectivity index (χ3v) is 5.20. The Kier molecular flexibility index (Phi) is 6.50. The highest BCUT2D eigenvalue weighted by atomic mass is 16.5. The molecule has 2 aromatic heterocycles. The van der Waals surface area contributed by atoms with Gasteiger partial charge in [0.05, 0.1) is 25.3 Å². The zero-order valence-corrected chi connectivity index (χ0v) is 18.5. The van der Waals surface area contributed by atoms with Crippen molar-refractivity contribution in [3.63, 3.8) is 0 Å². The molecule has 1 N–H and O–H groups in total. The Hall–Kier alpha value is -3.22. The van der Waals surface area contributed by atoms with Gasteiger partial charge in [-0.25, -0.2) is 14.6 Å². The van der Waals surface area contributed by atoms with Crippen LogP contribution in [0, 0.1) is 27.7 Å². The zero-order chi connectivity index (χ0) is 21.8. The Bertz CT molecular complexity index is 1020. The molecule has 1 atom stereocenters. The van der Waals surface area contributed by atoms with Crippen molar-refractivity contribution in [2.45, 2.75) is 53.5 Å². The number of hydrogen-bond acceptors (Lipinski definition) is 5. The van der Waals surface area contributed by atoms with E-state index >= 15 is 0 Å². The maximum Gasteiger partial charge on any atom is 0.251 e. The minimum atomic E-state index is -0.0539. The van der Waals surface area contributed by atoms with Gasteiger partial charge in [0.25, 0.3) is 5.95 Å². The zero-order valence-electron chi connectivity index (χ0n) is 18.5. The lowest BCUT2D eigenvalue weighted by Crippen LogP contribution is -2.29. The quantitative estimate of drug-likeness (QED) is 0.646. The maximum absolute atomic E-state index is 12.8. The molecule has 2 heterocycles. The summed E-state index contributed by atoms with van der Waals surface area (Å²) in [6, 6.07) is 9.66. The Morgan fingerprint density at radius 3 is 2.30 bits per heavy atom. The van der Waals surface area contributed by atoms with Crippen molar-refractivity contribution in [2.24, 2.45) is 0 Å². The van der Waals surface area contributed by atoms with Gasteiger partial charge >= 0.3 is 0 Å². The van der Waals surface area contributed by atoms with E-state index in [9.17, 15) is 4.79 Å². The van der Waals surface area contributed by atoms with Gasteiger partial charge in [-0.05, 0) is 57.9 Å². The van der Waals surface area contributed by atoms with Crippen LogP contribution in [-0.2, 0) is 11.2 Å². The summed E-state index contributed by atoms with van der Waals surface area (Å²) in [7, 11) is 1.64. The topological polar surface area (TPSA) is 81.9 Å². The fourth-order valence-corrected chi connectivity index (χ4v) is 3.59. The standard InChI is InChI=1S/C23H29N5O2/c1-7-21(18-8-10-19(30-6)11-9-18)26-22(29)13-20-16(4)27-28(17(20)5)23-24-14(2)12-15(3)25-23/h8-12,21H,7,13H2,1-6H3,(H,26,29). The van der Waals surface area contributed by atoms with E-state index in [-0.39, 0.29) is 18.4 Å². The summed E-state index contributed by atoms with van der Waals surface area (Å²) in [6.07, 6.45) is 1.06. The molecule has 0 bridgehead atoms. The third kappa shape index (κ3) is 4.67. The first-order chi connectivity index (χ1) is 14.3. The second kappa shape index (κ2) is 9.07. The highest BCUT2D eigenvalue weighted by Crippen LogP contribution is 2.21. The average Bonchev–Trinajstić information content (AvgIpc) is 2.99. The first-order valence-electron chi connectivity index (χ1n) is 10.1. The Labute approximate surface area is 177 Å². The molecule has 0 saturated carbocycles. The van der Waals surface area contributed by atoms with Gasteiger partial charge in [-0.1, -0.05) is 19.1 Å². The van der Waals surface area contributed by atoms with Crippen molar-refractivity contribution < 1.29 is 9.53 Å². The SMILES string of the molecule is CCC(NC(=O)Cc1c(C)nn(-c2nc(C)cc(C)n2)c1C)c1ccc(OC)cc1. The van der Waals surface area contributed by atoms with Crippen LogP contribution in [0.5, 0.6) is 5.75 Å². The maximum atomic E-state index is 12.8. The highest BCUT2D eigenvalue weighted by molar-refractivity contribution is 5.79. The van der Waals surface area contributed by atoms with E-state index in [0.29, 0.717) is 5.95 Å². The molecule has 0 spiro atoms. The first kappa shape index (κ1) is 21.5. The van der Waals surface area contributed by atoms with Gasteiger partial charge in [-0.2, -0.15) is 5.10 Å². The molecule has 1 amide bonds. The summed E-state index contributed by atoms with van der Waals surface area (Å²) < 4.78 is 6.94. The lowest BCUT2D eigenvalue weighted by molar-refractivity contribution is -0.121. The molecule has 7 nitrogen and oxygen atoms in total. The van der Waals surface area contributed by atoms with Crippen LogP contribution in [0.1, 0.15) is 53.3 Å². The normalized spacial score (nSPS) is 11.9. The van der Waals surface area contributed by atoms with Crippen molar-refractivity contribution in [3.8, 4) is 11.7 Å². The molecule has 0 aliphatic heterocycles. The number of benzene rings is 1. The molecule has 0 fully saturated rings. The van der Waals surface area contributed by atoms with Crippen LogP contribution in [0.15, 0.2) is 30.3 Å². The molecule has 158 valence electrons. The molecule has 3 aromatic rings. The van der Waals surface area contributed by atoms with Gasteiger partial charge < -0.3 is 10.1 Å². The molecule has 1 unspecified atom stereocenters. The molecule has 3 rings (SSSR count). The Morgan fingerprint density at radius 1 is 1.10 bits per heavy atom. The molecule has 7 heteroatoms. The monoisotopic (exact) mass is 407 g/mol. The van der Waals surface area contributed by atoms with Crippen LogP contribution in [0.2, 0.25) is 0 Å². The lowest BCUT2D eigenvalue weighted by atomic mass is 10.0. The summed E-state index contributed by atoms with van der Waals surface area (Å²) in [6.45, 7) is 9.78. The number of nitrogens with zero attached hydrogens (tertiary/aromatic N) is 4. The number of methoxy groups -OCH3 is 1. The van der Waals surface area contributed by atoms with Gasteiger partial charge in [-0.15, -0.1) is 0 Å². The minimum absolute atomic E-state index is 0.0373. The van der Waals surface area contributed by atoms with Crippen molar-refractivity contribution in [1.29, 1.82) is 0 Å². The molecule has 0 saturated heterocycles. The Balaban J connectivity index is 1.78. The van der Waals surface area contributed by atoms with Crippen LogP contribution in [0.3, 0.4) is 0 Å². The molecule has 30 heavy (non-hydrogen) atoms. The molecular weight excluding hydrogens is 378 g/mol. The van der Waals surface area contributed by atoms with E-state index in [4.69, 9.17) is 4.74 Å². The van der Waals surface area contributed by atoms with Gasteiger partial charge in [0.1, 0.15) is 5.75 Å². The fraction of sp³-hybridized carbons (Fsp3) is 0.391. The second-order valence-corrected chi connectivity index (χ2v) is 7.49. The first-order valence-corrected chi connectivity index (χ1v) is 10.1. The van der Waals surface area contributed by atoms with Crippen LogP contribution < -0.4 is 10.1 Å². The summed E-state index contributed by atoms with van der Waals surface area (Å²) in [4.78, 5) is 21.8. The van der Waals surface area contributed by atoms with E-state index in [2.05, 4.69) is 27.3 Å². The van der Waals surface area contributed by atoms with Crippen molar-refractivity contribution in [2.75, 3.05) is 7.11 Å². The number of rotatable bonds is 7. The predicted octanol–water partition coefficient (Wildman–Crippen LogP) is 3.71. The smallest absolute Gasteiger partial charge is 0.251 e. The molecular formula is C23H29N5O2. The molecule has 0 radical (unpaired) electrons. The summed E-state index contributed by atoms with van der Waals surface area (Å²) >= 11 is 0. The van der Waals surface area contributed by atoms with Gasteiger partial charge in [0.2, 0.25) is 5.91 Å².